The zero-order valence-electron chi connectivity index (χ0n) is 10.8. The Balaban J connectivity index is 1.73. The van der Waals surface area contributed by atoms with Gasteiger partial charge in [-0.1, -0.05) is 30.0 Å². The quantitative estimate of drug-likeness (QED) is 0.775. The van der Waals surface area contributed by atoms with Gasteiger partial charge in [0.2, 0.25) is 0 Å². The van der Waals surface area contributed by atoms with Gasteiger partial charge in [0.1, 0.15) is 0 Å². The molecule has 2 nitrogen and oxygen atoms in total. The highest BCUT2D eigenvalue weighted by Crippen LogP contribution is 2.29. The number of fused-ring (bicyclic) bond motifs is 1. The minimum Gasteiger partial charge on any atom is -0.388 e. The molecule has 0 saturated heterocycles. The van der Waals surface area contributed by atoms with E-state index < -0.39 is 0 Å². The van der Waals surface area contributed by atoms with Gasteiger partial charge in [-0.15, -0.1) is 0 Å². The van der Waals surface area contributed by atoms with Gasteiger partial charge in [0.05, 0.1) is 12.6 Å². The smallest absolute Gasteiger partial charge is 0.0835 e. The molecule has 0 aliphatic heterocycles. The van der Waals surface area contributed by atoms with Crippen molar-refractivity contribution in [3.8, 4) is 11.8 Å². The van der Waals surface area contributed by atoms with E-state index in [1.54, 1.807) is 0 Å². The van der Waals surface area contributed by atoms with Crippen molar-refractivity contribution < 1.29 is 5.11 Å². The summed E-state index contributed by atoms with van der Waals surface area (Å²) in [6, 6.07) is 10.0. The molecule has 19 heavy (non-hydrogen) atoms. The molecule has 1 aliphatic carbocycles. The third-order valence-electron chi connectivity index (χ3n) is 3.55. The summed E-state index contributed by atoms with van der Waals surface area (Å²) in [5, 5.41) is 9.93. The van der Waals surface area contributed by atoms with E-state index in [0.717, 1.165) is 30.4 Å². The standard InChI is InChI=1S/C17H17NO/c19-17-10-4-9-15-12-18(13-16(15)17)11-5-8-14-6-2-1-3-7-14/h1-3,6-7,12-13,17,19H,4,9-11H2. The molecule has 1 aliphatic rings. The van der Waals surface area contributed by atoms with E-state index in [2.05, 4.69) is 22.6 Å². The summed E-state index contributed by atoms with van der Waals surface area (Å²) in [6.07, 6.45) is 6.91. The lowest BCUT2D eigenvalue weighted by Gasteiger charge is -2.16. The normalized spacial score (nSPS) is 17.4. The monoisotopic (exact) mass is 251 g/mol. The number of nitrogens with zero attached hydrogens (tertiary/aromatic N) is 1. The SMILES string of the molecule is OC1CCCc2cn(CC#Cc3ccccc3)cc21. The highest BCUT2D eigenvalue weighted by molar-refractivity contribution is 5.34. The van der Waals surface area contributed by atoms with Gasteiger partial charge in [-0.05, 0) is 37.0 Å². The first-order chi connectivity index (χ1) is 9.33. The summed E-state index contributed by atoms with van der Waals surface area (Å²) in [4.78, 5) is 0. The molecule has 0 radical (unpaired) electrons. The van der Waals surface area contributed by atoms with Crippen LogP contribution < -0.4 is 0 Å². The first-order valence-electron chi connectivity index (χ1n) is 6.73. The van der Waals surface area contributed by atoms with Crippen molar-refractivity contribution in [3.05, 3.63) is 59.4 Å². The minimum atomic E-state index is -0.285. The Hall–Kier alpha value is -1.98. The fourth-order valence-corrected chi connectivity index (χ4v) is 2.57. The third-order valence-corrected chi connectivity index (χ3v) is 3.55. The maximum Gasteiger partial charge on any atom is 0.0835 e. The predicted molar refractivity (Wildman–Crippen MR) is 75.6 cm³/mol. The molecule has 1 N–H and O–H groups in total. The van der Waals surface area contributed by atoms with Crippen LogP contribution in [-0.2, 0) is 13.0 Å². The molecule has 1 atom stereocenters. The van der Waals surface area contributed by atoms with Crippen LogP contribution in [0.15, 0.2) is 42.7 Å². The minimum absolute atomic E-state index is 0.285. The molecule has 2 aromatic rings. The molecule has 0 amide bonds. The zero-order chi connectivity index (χ0) is 13.1. The number of benzene rings is 1. The Morgan fingerprint density at radius 2 is 2.05 bits per heavy atom. The van der Waals surface area contributed by atoms with Gasteiger partial charge in [-0.2, -0.15) is 0 Å². The van der Waals surface area contributed by atoms with Crippen molar-refractivity contribution in [2.75, 3.05) is 0 Å². The number of hydrogen-bond donors (Lipinski definition) is 1. The van der Waals surface area contributed by atoms with E-state index in [9.17, 15) is 5.11 Å². The number of aliphatic hydroxyl groups is 1. The topological polar surface area (TPSA) is 25.2 Å². The van der Waals surface area contributed by atoms with E-state index in [1.807, 2.05) is 36.5 Å². The number of aromatic nitrogens is 1. The maximum atomic E-state index is 9.93. The summed E-state index contributed by atoms with van der Waals surface area (Å²) in [5.74, 6) is 6.32. The maximum absolute atomic E-state index is 9.93. The molecule has 1 unspecified atom stereocenters. The lowest BCUT2D eigenvalue weighted by Crippen LogP contribution is -2.05. The van der Waals surface area contributed by atoms with E-state index in [4.69, 9.17) is 0 Å². The van der Waals surface area contributed by atoms with Crippen LogP contribution in [0.5, 0.6) is 0 Å². The summed E-state index contributed by atoms with van der Waals surface area (Å²) in [7, 11) is 0. The molecule has 1 heterocycles. The van der Waals surface area contributed by atoms with Gasteiger partial charge in [0.15, 0.2) is 0 Å². The molecule has 0 fully saturated rings. The van der Waals surface area contributed by atoms with Crippen LogP contribution in [0, 0.1) is 11.8 Å². The Labute approximate surface area is 113 Å². The fourth-order valence-electron chi connectivity index (χ4n) is 2.57. The van der Waals surface area contributed by atoms with Crippen LogP contribution in [0.2, 0.25) is 0 Å². The first-order valence-corrected chi connectivity index (χ1v) is 6.73. The van der Waals surface area contributed by atoms with Gasteiger partial charge in [-0.3, -0.25) is 0 Å². The van der Waals surface area contributed by atoms with Crippen molar-refractivity contribution in [1.29, 1.82) is 0 Å². The summed E-state index contributed by atoms with van der Waals surface area (Å²) >= 11 is 0. The molecule has 96 valence electrons. The van der Waals surface area contributed by atoms with Crippen molar-refractivity contribution in [2.24, 2.45) is 0 Å². The second-order valence-corrected chi connectivity index (χ2v) is 4.99. The first kappa shape index (κ1) is 12.1. The average Bonchev–Trinajstić information content (AvgIpc) is 2.84. The lowest BCUT2D eigenvalue weighted by molar-refractivity contribution is 0.157. The van der Waals surface area contributed by atoms with E-state index in [1.165, 1.54) is 5.56 Å². The summed E-state index contributed by atoms with van der Waals surface area (Å²) < 4.78 is 2.08. The summed E-state index contributed by atoms with van der Waals surface area (Å²) in [6.45, 7) is 0.675. The highest BCUT2D eigenvalue weighted by Gasteiger charge is 2.19. The molecule has 3 rings (SSSR count). The van der Waals surface area contributed by atoms with Crippen LogP contribution in [0.1, 0.15) is 35.6 Å². The molecule has 0 bridgehead atoms. The Bertz CT molecular complexity index is 616. The average molecular weight is 251 g/mol. The highest BCUT2D eigenvalue weighted by atomic mass is 16.3. The molecule has 0 saturated carbocycles. The fraction of sp³-hybridized carbons (Fsp3) is 0.294. The van der Waals surface area contributed by atoms with E-state index in [-0.39, 0.29) is 6.10 Å². The van der Waals surface area contributed by atoms with Crippen molar-refractivity contribution in [3.63, 3.8) is 0 Å². The lowest BCUT2D eigenvalue weighted by atomic mass is 9.93. The van der Waals surface area contributed by atoms with Crippen molar-refractivity contribution >= 4 is 0 Å². The van der Waals surface area contributed by atoms with Gasteiger partial charge in [0.25, 0.3) is 0 Å². The van der Waals surface area contributed by atoms with E-state index in [0.29, 0.717) is 6.54 Å². The van der Waals surface area contributed by atoms with Gasteiger partial charge < -0.3 is 9.67 Å². The van der Waals surface area contributed by atoms with Crippen LogP contribution in [0.4, 0.5) is 0 Å². The van der Waals surface area contributed by atoms with Crippen molar-refractivity contribution in [1.82, 2.24) is 4.57 Å². The molecular formula is C17H17NO. The number of aryl methyl sites for hydroxylation is 1. The molecule has 2 heteroatoms. The Kier molecular flexibility index (Phi) is 3.39. The van der Waals surface area contributed by atoms with Crippen LogP contribution in [0.3, 0.4) is 0 Å². The molecular weight excluding hydrogens is 234 g/mol. The van der Waals surface area contributed by atoms with E-state index >= 15 is 0 Å². The van der Waals surface area contributed by atoms with Gasteiger partial charge in [-0.25, -0.2) is 0 Å². The number of rotatable bonds is 1. The summed E-state index contributed by atoms with van der Waals surface area (Å²) in [5.41, 5.74) is 3.41. The largest absolute Gasteiger partial charge is 0.388 e. The second-order valence-electron chi connectivity index (χ2n) is 4.99. The third kappa shape index (κ3) is 2.72. The zero-order valence-corrected chi connectivity index (χ0v) is 10.8. The Morgan fingerprint density at radius 3 is 2.84 bits per heavy atom. The Morgan fingerprint density at radius 1 is 1.21 bits per heavy atom. The molecule has 1 aromatic heterocycles. The molecule has 0 spiro atoms. The van der Waals surface area contributed by atoms with Gasteiger partial charge >= 0.3 is 0 Å². The second kappa shape index (κ2) is 5.34. The number of hydrogen-bond acceptors (Lipinski definition) is 1. The van der Waals surface area contributed by atoms with Crippen LogP contribution >= 0.6 is 0 Å². The van der Waals surface area contributed by atoms with Crippen LogP contribution in [-0.4, -0.2) is 9.67 Å². The van der Waals surface area contributed by atoms with Gasteiger partial charge in [0, 0.05) is 23.5 Å². The predicted octanol–water partition coefficient (Wildman–Crippen LogP) is 2.91. The molecule has 1 aromatic carbocycles. The van der Waals surface area contributed by atoms with Crippen molar-refractivity contribution in [2.45, 2.75) is 31.9 Å². The van der Waals surface area contributed by atoms with Crippen LogP contribution in [0.25, 0.3) is 0 Å². The number of aliphatic hydroxyl groups excluding tert-OH is 1.